The van der Waals surface area contributed by atoms with Crippen LogP contribution in [0.4, 0.5) is 0 Å². The van der Waals surface area contributed by atoms with Gasteiger partial charge in [-0.15, -0.1) is 7.05 Å². The molecule has 0 saturated heterocycles. The molecule has 0 spiro atoms. The van der Waals surface area contributed by atoms with Crippen LogP contribution in [0.5, 0.6) is 0 Å². The van der Waals surface area contributed by atoms with Crippen LogP contribution in [0.2, 0.25) is 0 Å². The quantitative estimate of drug-likeness (QED) is 0.295. The topological polar surface area (TPSA) is 0 Å². The summed E-state index contributed by atoms with van der Waals surface area (Å²) >= 11 is 0. The molecule has 0 rings (SSSR count). The minimum absolute atomic E-state index is 0. The van der Waals surface area contributed by atoms with E-state index in [0.717, 1.165) is 23.5 Å². The van der Waals surface area contributed by atoms with Crippen LogP contribution in [-0.2, 0) is 21.1 Å². The molecular formula is C16H37NW. The molecule has 0 aromatic rings. The summed E-state index contributed by atoms with van der Waals surface area (Å²) < 4.78 is 0.944. The molecule has 1 nitrogen and oxygen atoms in total. The maximum Gasteiger partial charge on any atom is 0.0592 e. The average molecular weight is 427 g/mol. The molecule has 0 N–H and O–H groups in total. The molecule has 0 aromatic carbocycles. The molecule has 0 radical (unpaired) electrons. The van der Waals surface area contributed by atoms with Gasteiger partial charge in [0.25, 0.3) is 0 Å². The second kappa shape index (κ2) is 14.1. The van der Waals surface area contributed by atoms with E-state index in [2.05, 4.69) is 55.5 Å². The molecule has 0 aromatic heterocycles. The molecule has 0 amide bonds. The fraction of sp³-hybridized carbons (Fsp3) is 0.938. The van der Waals surface area contributed by atoms with E-state index in [9.17, 15) is 0 Å². The van der Waals surface area contributed by atoms with Crippen LogP contribution in [-0.4, -0.2) is 23.6 Å². The Balaban J connectivity index is -0.000000238. The zero-order chi connectivity index (χ0) is 13.9. The average Bonchev–Trinajstić information content (AvgIpc) is 2.28. The smallest absolute Gasteiger partial charge is 0.0592 e. The van der Waals surface area contributed by atoms with Crippen LogP contribution in [0.25, 0.3) is 0 Å². The van der Waals surface area contributed by atoms with E-state index in [4.69, 9.17) is 0 Å². The second-order valence-corrected chi connectivity index (χ2v) is 5.83. The number of rotatable bonds is 7. The van der Waals surface area contributed by atoms with E-state index in [1.807, 2.05) is 0 Å². The van der Waals surface area contributed by atoms with Crippen LogP contribution in [0, 0.1) is 13.0 Å². The third-order valence-corrected chi connectivity index (χ3v) is 3.74. The van der Waals surface area contributed by atoms with Crippen molar-refractivity contribution in [3.05, 3.63) is 7.05 Å². The van der Waals surface area contributed by atoms with Crippen molar-refractivity contribution in [2.24, 2.45) is 5.92 Å². The summed E-state index contributed by atoms with van der Waals surface area (Å²) in [5.74, 6) is 0.904. The second-order valence-electron chi connectivity index (χ2n) is 5.83. The molecule has 0 fully saturated rings. The van der Waals surface area contributed by atoms with Gasteiger partial charge in [-0.05, 0) is 33.6 Å². The Kier molecular flexibility index (Phi) is 18.5. The van der Waals surface area contributed by atoms with Crippen LogP contribution in [0.3, 0.4) is 0 Å². The van der Waals surface area contributed by atoms with Crippen LogP contribution < -0.4 is 0 Å². The van der Waals surface area contributed by atoms with E-state index >= 15 is 0 Å². The Morgan fingerprint density at radius 3 is 1.50 bits per heavy atom. The summed E-state index contributed by atoms with van der Waals surface area (Å²) in [7, 11) is 4.14. The van der Waals surface area contributed by atoms with Crippen molar-refractivity contribution in [3.63, 3.8) is 0 Å². The van der Waals surface area contributed by atoms with Crippen molar-refractivity contribution in [2.45, 2.75) is 80.2 Å². The summed E-state index contributed by atoms with van der Waals surface area (Å²) in [5, 5.41) is 0. The molecule has 18 heavy (non-hydrogen) atoms. The van der Waals surface area contributed by atoms with Crippen molar-refractivity contribution in [1.29, 1.82) is 0 Å². The third kappa shape index (κ3) is 13.1. The summed E-state index contributed by atoms with van der Waals surface area (Å²) in [6.45, 7) is 17.9. The molecule has 0 atom stereocenters. The predicted octanol–water partition coefficient (Wildman–Crippen LogP) is 5.26. The van der Waals surface area contributed by atoms with Crippen LogP contribution in [0.1, 0.15) is 74.1 Å². The minimum Gasteiger partial charge on any atom is -0.455 e. The van der Waals surface area contributed by atoms with Gasteiger partial charge in [-0.3, -0.25) is 0 Å². The SMILES string of the molecule is CCCCCC(C)C.[CH2-][N+](CC)(CC)C(C)C.[W]. The van der Waals surface area contributed by atoms with Crippen LogP contribution in [0.15, 0.2) is 0 Å². The Hall–Kier alpha value is 0.648. The maximum absolute atomic E-state index is 4.14. The molecule has 0 heterocycles. The minimum atomic E-state index is 0. The Morgan fingerprint density at radius 2 is 1.33 bits per heavy atom. The van der Waals surface area contributed by atoms with Gasteiger partial charge in [-0.2, -0.15) is 0 Å². The molecular weight excluding hydrogens is 390 g/mol. The molecule has 0 unspecified atom stereocenters. The van der Waals surface area contributed by atoms with Gasteiger partial charge in [0.2, 0.25) is 0 Å². The fourth-order valence-corrected chi connectivity index (χ4v) is 1.76. The number of hydrogen-bond donors (Lipinski definition) is 0. The van der Waals surface area contributed by atoms with Crippen molar-refractivity contribution < 1.29 is 25.5 Å². The first-order valence-corrected chi connectivity index (χ1v) is 7.55. The molecule has 0 aliphatic rings. The van der Waals surface area contributed by atoms with E-state index in [1.165, 1.54) is 25.7 Å². The zero-order valence-corrected chi connectivity index (χ0v) is 16.9. The standard InChI is InChI=1S/C8H19N.C8H18.W/c1-6-9(5,7-2)8(3)4;1-4-5-6-7-8(2)3;/h8H,5-7H2,1-4H3;8H,4-7H2,1-3H3;. The molecule has 2 heteroatoms. The van der Waals surface area contributed by atoms with Crippen molar-refractivity contribution in [1.82, 2.24) is 0 Å². The van der Waals surface area contributed by atoms with Crippen molar-refractivity contribution >= 4 is 0 Å². The fourth-order valence-electron chi connectivity index (χ4n) is 1.76. The summed E-state index contributed by atoms with van der Waals surface area (Å²) in [5.41, 5.74) is 0. The summed E-state index contributed by atoms with van der Waals surface area (Å²) in [6, 6.07) is 0.653. The van der Waals surface area contributed by atoms with Gasteiger partial charge in [-0.25, -0.2) is 0 Å². The first-order chi connectivity index (χ1) is 7.83. The van der Waals surface area contributed by atoms with Gasteiger partial charge in [0.1, 0.15) is 0 Å². The first kappa shape index (κ1) is 23.7. The number of unbranched alkanes of at least 4 members (excludes halogenated alkanes) is 2. The number of quaternary nitrogens is 1. The normalized spacial score (nSPS) is 11.0. The van der Waals surface area contributed by atoms with Crippen molar-refractivity contribution in [2.75, 3.05) is 13.1 Å². The summed E-state index contributed by atoms with van der Waals surface area (Å²) in [6.07, 6.45) is 5.60. The van der Waals surface area contributed by atoms with E-state index in [0.29, 0.717) is 6.04 Å². The van der Waals surface area contributed by atoms with Gasteiger partial charge in [0.05, 0.1) is 19.1 Å². The molecule has 0 aliphatic heterocycles. The number of nitrogens with zero attached hydrogens (tertiary/aromatic N) is 1. The summed E-state index contributed by atoms with van der Waals surface area (Å²) in [4.78, 5) is 0. The maximum atomic E-state index is 4.14. The van der Waals surface area contributed by atoms with Gasteiger partial charge >= 0.3 is 0 Å². The molecule has 0 bridgehead atoms. The van der Waals surface area contributed by atoms with E-state index in [-0.39, 0.29) is 21.1 Å². The number of hydrogen-bond acceptors (Lipinski definition) is 0. The third-order valence-electron chi connectivity index (χ3n) is 3.74. The van der Waals surface area contributed by atoms with E-state index < -0.39 is 0 Å². The van der Waals surface area contributed by atoms with Gasteiger partial charge in [0, 0.05) is 21.1 Å². The molecule has 0 aliphatic carbocycles. The predicted molar refractivity (Wildman–Crippen MR) is 80.8 cm³/mol. The molecule has 112 valence electrons. The Labute approximate surface area is 132 Å². The Morgan fingerprint density at radius 1 is 0.889 bits per heavy atom. The van der Waals surface area contributed by atoms with E-state index in [1.54, 1.807) is 0 Å². The van der Waals surface area contributed by atoms with Gasteiger partial charge in [0.15, 0.2) is 0 Å². The van der Waals surface area contributed by atoms with Gasteiger partial charge < -0.3 is 4.48 Å². The zero-order valence-electron chi connectivity index (χ0n) is 14.0. The largest absolute Gasteiger partial charge is 0.455 e. The Bertz CT molecular complexity index is 151. The van der Waals surface area contributed by atoms with Crippen molar-refractivity contribution in [3.8, 4) is 0 Å². The van der Waals surface area contributed by atoms with Gasteiger partial charge in [-0.1, -0.05) is 46.5 Å². The monoisotopic (exact) mass is 427 g/mol. The molecule has 0 saturated carbocycles. The van der Waals surface area contributed by atoms with Crippen LogP contribution >= 0.6 is 0 Å². The first-order valence-electron chi connectivity index (χ1n) is 7.55.